The van der Waals surface area contributed by atoms with Crippen molar-refractivity contribution in [1.82, 2.24) is 9.88 Å². The highest BCUT2D eigenvalue weighted by Gasteiger charge is 2.28. The molecule has 1 aromatic carbocycles. The molecule has 1 aliphatic heterocycles. The van der Waals surface area contributed by atoms with Crippen LogP contribution in [0.15, 0.2) is 51.7 Å². The fourth-order valence-corrected chi connectivity index (χ4v) is 3.00. The van der Waals surface area contributed by atoms with Gasteiger partial charge in [0.05, 0.1) is 17.7 Å². The first-order chi connectivity index (χ1) is 10.8. The topological polar surface area (TPSA) is 59.5 Å². The van der Waals surface area contributed by atoms with Crippen LogP contribution in [-0.2, 0) is 0 Å². The first-order valence-corrected chi connectivity index (χ1v) is 7.48. The van der Waals surface area contributed by atoms with Crippen molar-refractivity contribution in [1.29, 1.82) is 0 Å². The fraction of sp³-hybridized carbons (Fsp3) is 0.294. The summed E-state index contributed by atoms with van der Waals surface area (Å²) in [6, 6.07) is 9.45. The maximum absolute atomic E-state index is 12.4. The number of hydrogen-bond acceptors (Lipinski definition) is 4. The summed E-state index contributed by atoms with van der Waals surface area (Å²) in [5, 5.41) is 0. The lowest BCUT2D eigenvalue weighted by Gasteiger charge is -2.30. The van der Waals surface area contributed by atoms with E-state index in [4.69, 9.17) is 8.83 Å². The van der Waals surface area contributed by atoms with Crippen LogP contribution < -0.4 is 0 Å². The van der Waals surface area contributed by atoms with Crippen molar-refractivity contribution in [3.05, 3.63) is 54.3 Å². The number of amides is 1. The van der Waals surface area contributed by atoms with Crippen LogP contribution in [0.3, 0.4) is 0 Å². The summed E-state index contributed by atoms with van der Waals surface area (Å²) in [6.45, 7) is 1.40. The molecule has 3 heterocycles. The molecule has 0 spiro atoms. The Morgan fingerprint density at radius 1 is 1.27 bits per heavy atom. The standard InChI is InChI=1S/C17H16N2O3/c20-17(13-7-9-21-11-13)19-8-3-4-12(10-19)16-18-14-5-1-2-6-15(14)22-16/h1-2,5-7,9,11-12H,3-4,8,10H2. The fourth-order valence-electron chi connectivity index (χ4n) is 3.00. The Labute approximate surface area is 127 Å². The van der Waals surface area contributed by atoms with Gasteiger partial charge in [-0.3, -0.25) is 4.79 Å². The summed E-state index contributed by atoms with van der Waals surface area (Å²) < 4.78 is 10.9. The van der Waals surface area contributed by atoms with Crippen molar-refractivity contribution in [2.45, 2.75) is 18.8 Å². The molecule has 5 heteroatoms. The predicted molar refractivity (Wildman–Crippen MR) is 80.6 cm³/mol. The van der Waals surface area contributed by atoms with E-state index >= 15 is 0 Å². The third kappa shape index (κ3) is 2.28. The Morgan fingerprint density at radius 3 is 3.00 bits per heavy atom. The van der Waals surface area contributed by atoms with E-state index in [2.05, 4.69) is 4.98 Å². The van der Waals surface area contributed by atoms with Gasteiger partial charge in [-0.05, 0) is 31.0 Å². The zero-order valence-electron chi connectivity index (χ0n) is 12.1. The molecule has 22 heavy (non-hydrogen) atoms. The summed E-state index contributed by atoms with van der Waals surface area (Å²) >= 11 is 0. The van der Waals surface area contributed by atoms with Crippen molar-refractivity contribution in [3.63, 3.8) is 0 Å². The minimum atomic E-state index is 0.00885. The summed E-state index contributed by atoms with van der Waals surface area (Å²) in [6.07, 6.45) is 4.95. The molecule has 0 radical (unpaired) electrons. The van der Waals surface area contributed by atoms with Crippen molar-refractivity contribution in [2.24, 2.45) is 0 Å². The molecule has 0 bridgehead atoms. The first-order valence-electron chi connectivity index (χ1n) is 7.48. The molecule has 4 rings (SSSR count). The minimum absolute atomic E-state index is 0.00885. The summed E-state index contributed by atoms with van der Waals surface area (Å²) in [5.41, 5.74) is 2.27. The van der Waals surface area contributed by atoms with E-state index in [9.17, 15) is 4.79 Å². The summed E-state index contributed by atoms with van der Waals surface area (Å²) in [5.74, 6) is 0.887. The van der Waals surface area contributed by atoms with Crippen molar-refractivity contribution >= 4 is 17.0 Å². The van der Waals surface area contributed by atoms with Gasteiger partial charge in [0.15, 0.2) is 11.5 Å². The second-order valence-corrected chi connectivity index (χ2v) is 5.62. The lowest BCUT2D eigenvalue weighted by atomic mass is 9.97. The van der Waals surface area contributed by atoms with E-state index in [-0.39, 0.29) is 11.8 Å². The summed E-state index contributed by atoms with van der Waals surface area (Å²) in [7, 11) is 0. The number of rotatable bonds is 2. The highest BCUT2D eigenvalue weighted by atomic mass is 16.3. The minimum Gasteiger partial charge on any atom is -0.472 e. The van der Waals surface area contributed by atoms with E-state index in [0.717, 1.165) is 36.4 Å². The van der Waals surface area contributed by atoms with E-state index in [1.807, 2.05) is 29.2 Å². The molecule has 5 nitrogen and oxygen atoms in total. The highest BCUT2D eigenvalue weighted by Crippen LogP contribution is 2.29. The Balaban J connectivity index is 1.56. The molecular weight excluding hydrogens is 280 g/mol. The van der Waals surface area contributed by atoms with Gasteiger partial charge in [-0.25, -0.2) is 4.98 Å². The van der Waals surface area contributed by atoms with E-state index in [1.54, 1.807) is 6.07 Å². The number of likely N-dealkylation sites (tertiary alicyclic amines) is 1. The zero-order valence-corrected chi connectivity index (χ0v) is 12.1. The number of hydrogen-bond donors (Lipinski definition) is 0. The maximum atomic E-state index is 12.4. The second-order valence-electron chi connectivity index (χ2n) is 5.62. The van der Waals surface area contributed by atoms with Gasteiger partial charge in [-0.15, -0.1) is 0 Å². The number of aromatic nitrogens is 1. The quantitative estimate of drug-likeness (QED) is 0.727. The number of oxazole rings is 1. The predicted octanol–water partition coefficient (Wildman–Crippen LogP) is 3.44. The third-order valence-electron chi connectivity index (χ3n) is 4.14. The van der Waals surface area contributed by atoms with Crippen molar-refractivity contribution < 1.29 is 13.6 Å². The van der Waals surface area contributed by atoms with E-state index in [1.165, 1.54) is 12.5 Å². The number of furan rings is 1. The molecule has 1 aliphatic rings. The highest BCUT2D eigenvalue weighted by molar-refractivity contribution is 5.93. The Hall–Kier alpha value is -2.56. The number of fused-ring (bicyclic) bond motifs is 1. The van der Waals surface area contributed by atoms with Gasteiger partial charge in [0.25, 0.3) is 5.91 Å². The van der Waals surface area contributed by atoms with Crippen LogP contribution in [0.25, 0.3) is 11.1 Å². The van der Waals surface area contributed by atoms with Crippen LogP contribution in [0, 0.1) is 0 Å². The van der Waals surface area contributed by atoms with Gasteiger partial charge in [-0.1, -0.05) is 12.1 Å². The lowest BCUT2D eigenvalue weighted by Crippen LogP contribution is -2.39. The number of benzene rings is 1. The number of carbonyl (C=O) groups is 1. The van der Waals surface area contributed by atoms with Gasteiger partial charge in [0.2, 0.25) is 0 Å². The Bertz CT molecular complexity index is 758. The smallest absolute Gasteiger partial charge is 0.257 e. The van der Waals surface area contributed by atoms with Gasteiger partial charge in [0, 0.05) is 13.1 Å². The number of piperidine rings is 1. The molecule has 1 saturated heterocycles. The molecule has 1 unspecified atom stereocenters. The molecule has 1 fully saturated rings. The van der Waals surface area contributed by atoms with Gasteiger partial charge in [-0.2, -0.15) is 0 Å². The molecule has 1 amide bonds. The first kappa shape index (κ1) is 13.1. The normalized spacial score (nSPS) is 18.7. The molecule has 1 atom stereocenters. The molecule has 0 aliphatic carbocycles. The van der Waals surface area contributed by atoms with Crippen LogP contribution in [-0.4, -0.2) is 28.9 Å². The molecular formula is C17H16N2O3. The van der Waals surface area contributed by atoms with Crippen LogP contribution >= 0.6 is 0 Å². The monoisotopic (exact) mass is 296 g/mol. The molecule has 2 aromatic heterocycles. The average Bonchev–Trinajstić information content (AvgIpc) is 3.23. The summed E-state index contributed by atoms with van der Waals surface area (Å²) in [4.78, 5) is 18.8. The number of carbonyl (C=O) groups excluding carboxylic acids is 1. The van der Waals surface area contributed by atoms with Gasteiger partial charge < -0.3 is 13.7 Å². The van der Waals surface area contributed by atoms with Crippen molar-refractivity contribution in [2.75, 3.05) is 13.1 Å². The zero-order chi connectivity index (χ0) is 14.9. The average molecular weight is 296 g/mol. The van der Waals surface area contributed by atoms with Crippen LogP contribution in [0.5, 0.6) is 0 Å². The molecule has 0 saturated carbocycles. The molecule has 112 valence electrons. The third-order valence-corrected chi connectivity index (χ3v) is 4.14. The van der Waals surface area contributed by atoms with Gasteiger partial charge >= 0.3 is 0 Å². The second kappa shape index (κ2) is 5.33. The lowest BCUT2D eigenvalue weighted by molar-refractivity contribution is 0.0698. The molecule has 3 aromatic rings. The van der Waals surface area contributed by atoms with Crippen LogP contribution in [0.4, 0.5) is 0 Å². The maximum Gasteiger partial charge on any atom is 0.257 e. The number of nitrogens with zero attached hydrogens (tertiary/aromatic N) is 2. The largest absolute Gasteiger partial charge is 0.472 e. The van der Waals surface area contributed by atoms with E-state index < -0.39 is 0 Å². The Morgan fingerprint density at radius 2 is 2.18 bits per heavy atom. The van der Waals surface area contributed by atoms with Gasteiger partial charge in [0.1, 0.15) is 11.8 Å². The molecule has 0 N–H and O–H groups in total. The van der Waals surface area contributed by atoms with Crippen molar-refractivity contribution in [3.8, 4) is 0 Å². The van der Waals surface area contributed by atoms with Crippen LogP contribution in [0.2, 0.25) is 0 Å². The van der Waals surface area contributed by atoms with E-state index in [0.29, 0.717) is 12.1 Å². The Kier molecular flexibility index (Phi) is 3.18. The number of para-hydroxylation sites is 2. The SMILES string of the molecule is O=C(c1ccoc1)N1CCCC(c2nc3ccccc3o2)C1. The van der Waals surface area contributed by atoms with Crippen LogP contribution in [0.1, 0.15) is 35.0 Å².